The molecule has 6 heteroatoms. The lowest BCUT2D eigenvalue weighted by Gasteiger charge is -2.14. The monoisotopic (exact) mass is 319 g/mol. The van der Waals surface area contributed by atoms with Crippen molar-refractivity contribution in [3.05, 3.63) is 23.2 Å². The van der Waals surface area contributed by atoms with Gasteiger partial charge in [0, 0.05) is 12.1 Å². The average molecular weight is 320 g/mol. The van der Waals surface area contributed by atoms with Crippen molar-refractivity contribution < 1.29 is 13.2 Å². The van der Waals surface area contributed by atoms with E-state index in [-0.39, 0.29) is 10.9 Å². The van der Waals surface area contributed by atoms with E-state index in [1.165, 1.54) is 12.1 Å². The predicted molar refractivity (Wildman–Crippen MR) is 81.9 cm³/mol. The Morgan fingerprint density at radius 1 is 1.35 bits per heavy atom. The topological polar surface area (TPSA) is 55.4 Å². The fourth-order valence-corrected chi connectivity index (χ4v) is 3.02. The highest BCUT2D eigenvalue weighted by molar-refractivity contribution is 7.89. The van der Waals surface area contributed by atoms with Crippen molar-refractivity contribution in [3.63, 3.8) is 0 Å². The Morgan fingerprint density at radius 3 is 2.65 bits per heavy atom. The Kier molecular flexibility index (Phi) is 6.79. The van der Waals surface area contributed by atoms with Gasteiger partial charge in [-0.1, -0.05) is 31.9 Å². The fourth-order valence-electron chi connectivity index (χ4n) is 1.50. The third-order valence-electron chi connectivity index (χ3n) is 2.94. The van der Waals surface area contributed by atoms with Gasteiger partial charge < -0.3 is 4.74 Å². The Bertz CT molecular complexity index is 531. The molecule has 1 atom stereocenters. The summed E-state index contributed by atoms with van der Waals surface area (Å²) in [6, 6.07) is 4.40. The number of unbranched alkanes of at least 4 members (excludes halogenated alkanes) is 1. The minimum atomic E-state index is -3.53. The molecule has 0 aromatic heterocycles. The molecule has 0 aliphatic rings. The summed E-state index contributed by atoms with van der Waals surface area (Å²) in [7, 11) is -3.53. The van der Waals surface area contributed by atoms with Gasteiger partial charge in [0.05, 0.1) is 16.5 Å². The molecular formula is C14H22ClNO3S. The van der Waals surface area contributed by atoms with E-state index in [4.69, 9.17) is 16.3 Å². The van der Waals surface area contributed by atoms with Gasteiger partial charge in [-0.15, -0.1) is 0 Å². The Morgan fingerprint density at radius 2 is 2.05 bits per heavy atom. The zero-order chi connectivity index (χ0) is 15.2. The molecule has 0 amide bonds. The maximum atomic E-state index is 12.2. The lowest BCUT2D eigenvalue weighted by Crippen LogP contribution is -2.32. The molecule has 114 valence electrons. The molecule has 0 heterocycles. The number of rotatable bonds is 8. The zero-order valence-corrected chi connectivity index (χ0v) is 13.7. The Balaban J connectivity index is 2.93. The molecule has 0 aliphatic heterocycles. The molecule has 0 unspecified atom stereocenters. The van der Waals surface area contributed by atoms with Gasteiger partial charge in [0.1, 0.15) is 5.75 Å². The maximum Gasteiger partial charge on any atom is 0.240 e. The van der Waals surface area contributed by atoms with Crippen molar-refractivity contribution >= 4 is 21.6 Å². The second-order valence-corrected chi connectivity index (χ2v) is 6.85. The van der Waals surface area contributed by atoms with Gasteiger partial charge in [-0.3, -0.25) is 0 Å². The van der Waals surface area contributed by atoms with E-state index >= 15 is 0 Å². The highest BCUT2D eigenvalue weighted by atomic mass is 35.5. The molecule has 0 aliphatic carbocycles. The van der Waals surface area contributed by atoms with Crippen LogP contribution in [-0.4, -0.2) is 21.1 Å². The van der Waals surface area contributed by atoms with Crippen molar-refractivity contribution in [1.82, 2.24) is 4.72 Å². The lowest BCUT2D eigenvalue weighted by molar-refractivity contribution is 0.309. The smallest absolute Gasteiger partial charge is 0.240 e. The molecule has 1 aromatic rings. The fraction of sp³-hybridized carbons (Fsp3) is 0.571. The van der Waals surface area contributed by atoms with Crippen LogP contribution in [0.1, 0.15) is 40.0 Å². The zero-order valence-electron chi connectivity index (χ0n) is 12.1. The van der Waals surface area contributed by atoms with Crippen LogP contribution in [0.3, 0.4) is 0 Å². The predicted octanol–water partition coefficient (Wildman–Crippen LogP) is 3.60. The highest BCUT2D eigenvalue weighted by Gasteiger charge is 2.18. The van der Waals surface area contributed by atoms with Crippen LogP contribution in [0.5, 0.6) is 5.75 Å². The molecular weight excluding hydrogens is 298 g/mol. The van der Waals surface area contributed by atoms with Crippen LogP contribution in [0.2, 0.25) is 5.02 Å². The second kappa shape index (κ2) is 7.86. The molecule has 4 nitrogen and oxygen atoms in total. The number of hydrogen-bond acceptors (Lipinski definition) is 3. The van der Waals surface area contributed by atoms with E-state index in [2.05, 4.69) is 11.6 Å². The van der Waals surface area contributed by atoms with Crippen LogP contribution >= 0.6 is 11.6 Å². The number of nitrogens with one attached hydrogen (secondary N) is 1. The molecule has 0 radical (unpaired) electrons. The summed E-state index contributed by atoms with van der Waals surface area (Å²) in [5.74, 6) is 0.409. The second-order valence-electron chi connectivity index (χ2n) is 4.72. The van der Waals surface area contributed by atoms with Crippen molar-refractivity contribution in [2.45, 2.75) is 51.0 Å². The van der Waals surface area contributed by atoms with Crippen molar-refractivity contribution in [2.75, 3.05) is 6.61 Å². The SMILES string of the molecule is CCCCOc1cc(S(=O)(=O)N[C@H](C)CC)ccc1Cl. The minimum absolute atomic E-state index is 0.111. The van der Waals surface area contributed by atoms with E-state index in [0.29, 0.717) is 17.4 Å². The minimum Gasteiger partial charge on any atom is -0.492 e. The molecule has 20 heavy (non-hydrogen) atoms. The summed E-state index contributed by atoms with van der Waals surface area (Å²) in [6.45, 7) is 6.33. The van der Waals surface area contributed by atoms with Crippen LogP contribution in [0, 0.1) is 0 Å². The van der Waals surface area contributed by atoms with Crippen LogP contribution < -0.4 is 9.46 Å². The third-order valence-corrected chi connectivity index (χ3v) is 4.84. The average Bonchev–Trinajstić information content (AvgIpc) is 2.40. The number of benzene rings is 1. The van der Waals surface area contributed by atoms with E-state index in [0.717, 1.165) is 19.3 Å². The van der Waals surface area contributed by atoms with Gasteiger partial charge in [0.2, 0.25) is 10.0 Å². The summed E-state index contributed by atoms with van der Waals surface area (Å²) >= 11 is 6.02. The van der Waals surface area contributed by atoms with Gasteiger partial charge >= 0.3 is 0 Å². The third kappa shape index (κ3) is 4.96. The van der Waals surface area contributed by atoms with Crippen molar-refractivity contribution in [1.29, 1.82) is 0 Å². The summed E-state index contributed by atoms with van der Waals surface area (Å²) in [6.07, 6.45) is 2.64. The quantitative estimate of drug-likeness (QED) is 0.745. The normalized spacial score (nSPS) is 13.2. The van der Waals surface area contributed by atoms with Gasteiger partial charge in [-0.25, -0.2) is 13.1 Å². The van der Waals surface area contributed by atoms with Gasteiger partial charge in [0.15, 0.2) is 0 Å². The van der Waals surface area contributed by atoms with E-state index in [1.807, 2.05) is 13.8 Å². The molecule has 1 N–H and O–H groups in total. The highest BCUT2D eigenvalue weighted by Crippen LogP contribution is 2.27. The maximum absolute atomic E-state index is 12.2. The van der Waals surface area contributed by atoms with Gasteiger partial charge in [0.25, 0.3) is 0 Å². The first-order chi connectivity index (χ1) is 9.40. The van der Waals surface area contributed by atoms with E-state index in [9.17, 15) is 8.42 Å². The standard InChI is InChI=1S/C14H22ClNO3S/c1-4-6-9-19-14-10-12(7-8-13(14)15)20(17,18)16-11(3)5-2/h7-8,10-11,16H,4-6,9H2,1-3H3/t11-/m1/s1. The Labute approximate surface area is 126 Å². The van der Waals surface area contributed by atoms with Crippen LogP contribution in [0.15, 0.2) is 23.1 Å². The van der Waals surface area contributed by atoms with Crippen LogP contribution in [-0.2, 0) is 10.0 Å². The first-order valence-corrected chi connectivity index (χ1v) is 8.71. The van der Waals surface area contributed by atoms with Crippen LogP contribution in [0.25, 0.3) is 0 Å². The van der Waals surface area contributed by atoms with Gasteiger partial charge in [-0.05, 0) is 31.9 Å². The van der Waals surface area contributed by atoms with Crippen molar-refractivity contribution in [3.8, 4) is 5.75 Å². The first kappa shape index (κ1) is 17.3. The molecule has 0 saturated carbocycles. The number of hydrogen-bond donors (Lipinski definition) is 1. The molecule has 0 bridgehead atoms. The molecule has 0 saturated heterocycles. The number of sulfonamides is 1. The lowest BCUT2D eigenvalue weighted by atomic mass is 10.3. The molecule has 1 rings (SSSR count). The molecule has 0 fully saturated rings. The first-order valence-electron chi connectivity index (χ1n) is 6.85. The number of halogens is 1. The summed E-state index contributed by atoms with van der Waals surface area (Å²) < 4.78 is 32.5. The summed E-state index contributed by atoms with van der Waals surface area (Å²) in [4.78, 5) is 0.175. The van der Waals surface area contributed by atoms with Crippen molar-refractivity contribution in [2.24, 2.45) is 0 Å². The molecule has 1 aromatic carbocycles. The van der Waals surface area contributed by atoms with Gasteiger partial charge in [-0.2, -0.15) is 0 Å². The summed E-state index contributed by atoms with van der Waals surface area (Å²) in [5.41, 5.74) is 0. The van der Waals surface area contributed by atoms with E-state index < -0.39 is 10.0 Å². The number of ether oxygens (including phenoxy) is 1. The largest absolute Gasteiger partial charge is 0.492 e. The summed E-state index contributed by atoms with van der Waals surface area (Å²) in [5, 5.41) is 0.420. The molecule has 0 spiro atoms. The Hall–Kier alpha value is -0.780. The van der Waals surface area contributed by atoms with E-state index in [1.54, 1.807) is 6.07 Å². The van der Waals surface area contributed by atoms with Crippen LogP contribution in [0.4, 0.5) is 0 Å².